The number of hydrogen-bond donors (Lipinski definition) is 2. The molecule has 1 atom stereocenters. The van der Waals surface area contributed by atoms with Crippen molar-refractivity contribution < 1.29 is 18.3 Å². The molecule has 4 rings (SSSR count). The molecule has 3 aromatic rings. The lowest BCUT2D eigenvalue weighted by molar-refractivity contribution is -0.137. The summed E-state index contributed by atoms with van der Waals surface area (Å²) in [5, 5.41) is 17.1. The van der Waals surface area contributed by atoms with E-state index in [4.69, 9.17) is 0 Å². The molecule has 2 aromatic heterocycles. The number of benzene rings is 1. The molecule has 2 N–H and O–H groups in total. The number of aliphatic hydroxyl groups excluding tert-OH is 1. The first-order valence-electron chi connectivity index (χ1n) is 8.13. The Morgan fingerprint density at radius 1 is 1.12 bits per heavy atom. The number of β-amino-alcohol motifs (C(OH)–C–C–N with tert-alkyl or cyclic N) is 1. The van der Waals surface area contributed by atoms with Crippen LogP contribution in [-0.4, -0.2) is 38.9 Å². The Balaban J connectivity index is 1.60. The van der Waals surface area contributed by atoms with Gasteiger partial charge in [-0.25, -0.2) is 0 Å². The number of fused-ring (bicyclic) bond motifs is 1. The summed E-state index contributed by atoms with van der Waals surface area (Å²) in [7, 11) is 0. The zero-order chi connectivity index (χ0) is 18.3. The van der Waals surface area contributed by atoms with Crippen molar-refractivity contribution in [2.75, 3.05) is 23.3 Å². The number of nitrogens with one attached hydrogen (secondary N) is 1. The maximum atomic E-state index is 12.6. The molecule has 1 aromatic carbocycles. The van der Waals surface area contributed by atoms with Crippen LogP contribution in [0, 0.1) is 0 Å². The summed E-state index contributed by atoms with van der Waals surface area (Å²) in [4.78, 5) is 6.38. The molecule has 0 saturated carbocycles. The molecule has 0 aliphatic carbocycles. The summed E-state index contributed by atoms with van der Waals surface area (Å²) < 4.78 is 39.6. The van der Waals surface area contributed by atoms with Gasteiger partial charge in [-0.05, 0) is 42.8 Å². The Bertz CT molecular complexity index is 922. The van der Waals surface area contributed by atoms with E-state index in [2.05, 4.69) is 15.4 Å². The van der Waals surface area contributed by atoms with E-state index in [1.807, 2.05) is 17.0 Å². The Kier molecular flexibility index (Phi) is 3.95. The number of anilines is 3. The van der Waals surface area contributed by atoms with Crippen molar-refractivity contribution in [1.82, 2.24) is 14.6 Å². The van der Waals surface area contributed by atoms with E-state index in [0.717, 1.165) is 24.5 Å². The Hall–Kier alpha value is -2.81. The van der Waals surface area contributed by atoms with Crippen molar-refractivity contribution in [1.29, 1.82) is 0 Å². The predicted octanol–water partition coefficient (Wildman–Crippen LogP) is 3.06. The first-order valence-corrected chi connectivity index (χ1v) is 8.13. The monoisotopic (exact) mass is 363 g/mol. The smallest absolute Gasteiger partial charge is 0.391 e. The van der Waals surface area contributed by atoms with Gasteiger partial charge in [0.05, 0.1) is 11.7 Å². The number of hydrogen-bond acceptors (Lipinski definition) is 5. The van der Waals surface area contributed by atoms with Gasteiger partial charge in [-0.15, -0.1) is 5.10 Å². The molecule has 0 spiro atoms. The minimum Gasteiger partial charge on any atom is -0.391 e. The summed E-state index contributed by atoms with van der Waals surface area (Å²) in [6.45, 7) is 1.25. The second-order valence-electron chi connectivity index (χ2n) is 6.18. The van der Waals surface area contributed by atoms with Crippen LogP contribution in [0.5, 0.6) is 0 Å². The maximum Gasteiger partial charge on any atom is 0.416 e. The van der Waals surface area contributed by atoms with Gasteiger partial charge in [0.25, 0.3) is 0 Å². The van der Waals surface area contributed by atoms with Crippen molar-refractivity contribution in [2.45, 2.75) is 18.7 Å². The number of halogens is 3. The zero-order valence-electron chi connectivity index (χ0n) is 13.6. The van der Waals surface area contributed by atoms with Crippen LogP contribution in [0.4, 0.5) is 30.6 Å². The number of aromatic nitrogens is 3. The van der Waals surface area contributed by atoms with Crippen LogP contribution in [0.1, 0.15) is 12.0 Å². The standard InChI is InChI=1S/C17H16F3N5O/c18-17(19,20)11-4-6-12(7-5-11)21-16-22-14-2-1-3-15(25(14)23-16)24-9-8-13(26)10-24/h1-7,13,26H,8-10H2,(H,21,23)/t13-/m1/s1. The Morgan fingerprint density at radius 3 is 2.54 bits per heavy atom. The molecule has 9 heteroatoms. The highest BCUT2D eigenvalue weighted by Gasteiger charge is 2.30. The quantitative estimate of drug-likeness (QED) is 0.749. The fourth-order valence-corrected chi connectivity index (χ4v) is 3.01. The van der Waals surface area contributed by atoms with Crippen LogP contribution in [0.15, 0.2) is 42.5 Å². The Labute approximate surface area is 146 Å². The third-order valence-electron chi connectivity index (χ3n) is 4.30. The lowest BCUT2D eigenvalue weighted by atomic mass is 10.2. The third kappa shape index (κ3) is 3.17. The lowest BCUT2D eigenvalue weighted by Gasteiger charge is -2.17. The fourth-order valence-electron chi connectivity index (χ4n) is 3.01. The van der Waals surface area contributed by atoms with Crippen molar-refractivity contribution in [3.05, 3.63) is 48.0 Å². The summed E-state index contributed by atoms with van der Waals surface area (Å²) >= 11 is 0. The summed E-state index contributed by atoms with van der Waals surface area (Å²) in [6, 6.07) is 10.2. The van der Waals surface area contributed by atoms with Crippen LogP contribution in [0.3, 0.4) is 0 Å². The van der Waals surface area contributed by atoms with Crippen molar-refractivity contribution in [2.24, 2.45) is 0 Å². The molecule has 0 radical (unpaired) electrons. The second kappa shape index (κ2) is 6.17. The van der Waals surface area contributed by atoms with E-state index < -0.39 is 11.7 Å². The van der Waals surface area contributed by atoms with Crippen LogP contribution in [0.2, 0.25) is 0 Å². The van der Waals surface area contributed by atoms with Gasteiger partial charge in [0.15, 0.2) is 5.65 Å². The van der Waals surface area contributed by atoms with Crippen molar-refractivity contribution >= 4 is 23.1 Å². The van der Waals surface area contributed by atoms with Crippen LogP contribution >= 0.6 is 0 Å². The van der Waals surface area contributed by atoms with Crippen molar-refractivity contribution in [3.63, 3.8) is 0 Å². The van der Waals surface area contributed by atoms with Gasteiger partial charge in [0.2, 0.25) is 5.95 Å². The zero-order valence-corrected chi connectivity index (χ0v) is 13.6. The molecule has 1 fully saturated rings. The number of alkyl halides is 3. The molecule has 26 heavy (non-hydrogen) atoms. The molecule has 0 amide bonds. The van der Waals surface area contributed by atoms with E-state index in [0.29, 0.717) is 24.3 Å². The second-order valence-corrected chi connectivity index (χ2v) is 6.18. The van der Waals surface area contributed by atoms with Gasteiger partial charge >= 0.3 is 6.18 Å². The molecule has 1 aliphatic heterocycles. The molecule has 0 unspecified atom stereocenters. The van der Waals surface area contributed by atoms with Crippen molar-refractivity contribution in [3.8, 4) is 0 Å². The fraction of sp³-hybridized carbons (Fsp3) is 0.294. The molecule has 0 bridgehead atoms. The number of nitrogens with zero attached hydrogens (tertiary/aromatic N) is 4. The number of rotatable bonds is 3. The highest BCUT2D eigenvalue weighted by molar-refractivity contribution is 5.59. The van der Waals surface area contributed by atoms with Gasteiger partial charge in [0.1, 0.15) is 5.82 Å². The summed E-state index contributed by atoms with van der Waals surface area (Å²) in [5.41, 5.74) is 0.367. The lowest BCUT2D eigenvalue weighted by Crippen LogP contribution is -2.23. The molecule has 1 aliphatic rings. The maximum absolute atomic E-state index is 12.6. The SMILES string of the molecule is O[C@@H]1CCN(c2cccc3nc(Nc4ccc(C(F)(F)F)cc4)nn23)C1. The Morgan fingerprint density at radius 2 is 1.88 bits per heavy atom. The average molecular weight is 363 g/mol. The minimum atomic E-state index is -4.37. The highest BCUT2D eigenvalue weighted by Crippen LogP contribution is 2.30. The number of pyridine rings is 1. The minimum absolute atomic E-state index is 0.289. The van der Waals surface area contributed by atoms with Gasteiger partial charge in [-0.2, -0.15) is 22.7 Å². The molecular weight excluding hydrogens is 347 g/mol. The van der Waals surface area contributed by atoms with E-state index in [9.17, 15) is 18.3 Å². The third-order valence-corrected chi connectivity index (χ3v) is 4.30. The molecule has 6 nitrogen and oxygen atoms in total. The number of aliphatic hydroxyl groups is 1. The first kappa shape index (κ1) is 16.6. The van der Waals surface area contributed by atoms with Gasteiger partial charge in [-0.3, -0.25) is 0 Å². The van der Waals surface area contributed by atoms with E-state index in [1.54, 1.807) is 10.6 Å². The van der Waals surface area contributed by atoms with Gasteiger partial charge in [-0.1, -0.05) is 6.07 Å². The van der Waals surface area contributed by atoms with E-state index in [1.165, 1.54) is 12.1 Å². The topological polar surface area (TPSA) is 65.7 Å². The molecule has 3 heterocycles. The molecular formula is C17H16F3N5O. The predicted molar refractivity (Wildman–Crippen MR) is 90.6 cm³/mol. The van der Waals surface area contributed by atoms with Crippen LogP contribution in [-0.2, 0) is 6.18 Å². The molecule has 136 valence electrons. The normalized spacial score (nSPS) is 17.8. The van der Waals surface area contributed by atoms with Gasteiger partial charge < -0.3 is 15.3 Å². The largest absolute Gasteiger partial charge is 0.416 e. The van der Waals surface area contributed by atoms with E-state index >= 15 is 0 Å². The summed E-state index contributed by atoms with van der Waals surface area (Å²) in [6.07, 6.45) is -4.03. The summed E-state index contributed by atoms with van der Waals surface area (Å²) in [5.74, 6) is 1.10. The molecule has 1 saturated heterocycles. The van der Waals surface area contributed by atoms with Crippen LogP contribution < -0.4 is 10.2 Å². The van der Waals surface area contributed by atoms with Crippen LogP contribution in [0.25, 0.3) is 5.65 Å². The van der Waals surface area contributed by atoms with E-state index in [-0.39, 0.29) is 12.1 Å². The highest BCUT2D eigenvalue weighted by atomic mass is 19.4. The average Bonchev–Trinajstić information content (AvgIpc) is 3.19. The first-order chi connectivity index (χ1) is 12.4. The van der Waals surface area contributed by atoms with Gasteiger partial charge in [0, 0.05) is 18.8 Å².